The SMILES string of the molecule is CN(C)N=Nc1ccc(C(=O)/C=C/c2ccccc2O[C@H]2O[C@@H](CO)[C@H](O)[C@@H](O)[C@@H]2O)cc1. The highest BCUT2D eigenvalue weighted by molar-refractivity contribution is 6.07. The van der Waals surface area contributed by atoms with Crippen molar-refractivity contribution < 1.29 is 34.7 Å². The molecule has 1 saturated heterocycles. The van der Waals surface area contributed by atoms with Gasteiger partial charge in [0.25, 0.3) is 0 Å². The Bertz CT molecular complexity index is 992. The lowest BCUT2D eigenvalue weighted by atomic mass is 9.99. The Balaban J connectivity index is 1.72. The minimum atomic E-state index is -1.55. The number of rotatable bonds is 8. The van der Waals surface area contributed by atoms with E-state index in [2.05, 4.69) is 10.3 Å². The molecule has 0 aliphatic carbocycles. The molecule has 1 aliphatic heterocycles. The smallest absolute Gasteiger partial charge is 0.229 e. The van der Waals surface area contributed by atoms with Crippen molar-refractivity contribution >= 4 is 17.5 Å². The number of hydrogen-bond acceptors (Lipinski definition) is 9. The number of carbonyl (C=O) groups excluding carboxylic acids is 1. The molecule has 3 rings (SSSR count). The standard InChI is InChI=1S/C23H27N3O7/c1-26(2)25-24-16-10-7-14(8-11-16)17(28)12-9-15-5-3-4-6-18(15)32-23-22(31)21(30)20(29)19(13-27)33-23/h3-12,19-23,27,29-31H,13H2,1-2H3/b12-9+,25-24?/t19-,20-,21+,22-,23-/m0/s1. The number of ether oxygens (including phenoxy) is 2. The number of ketones is 1. The molecule has 4 N–H and O–H groups in total. The van der Waals surface area contributed by atoms with Crippen LogP contribution in [0.15, 0.2) is 64.9 Å². The number of carbonyl (C=O) groups is 1. The number of allylic oxidation sites excluding steroid dienone is 1. The molecule has 10 nitrogen and oxygen atoms in total. The van der Waals surface area contributed by atoms with Gasteiger partial charge in [-0.3, -0.25) is 9.80 Å². The molecular formula is C23H27N3O7. The van der Waals surface area contributed by atoms with Gasteiger partial charge in [0.1, 0.15) is 30.2 Å². The van der Waals surface area contributed by atoms with Gasteiger partial charge >= 0.3 is 0 Å². The number of benzene rings is 2. The van der Waals surface area contributed by atoms with Crippen LogP contribution in [0.3, 0.4) is 0 Å². The molecule has 0 spiro atoms. The summed E-state index contributed by atoms with van der Waals surface area (Å²) in [6.07, 6.45) is -4.04. The first-order valence-electron chi connectivity index (χ1n) is 10.3. The Labute approximate surface area is 191 Å². The number of aliphatic hydroxyl groups is 4. The molecule has 1 aliphatic rings. The van der Waals surface area contributed by atoms with Crippen molar-refractivity contribution in [3.63, 3.8) is 0 Å². The van der Waals surface area contributed by atoms with Gasteiger partial charge in [-0.2, -0.15) is 0 Å². The third kappa shape index (κ3) is 6.21. The summed E-state index contributed by atoms with van der Waals surface area (Å²) < 4.78 is 11.1. The molecule has 0 radical (unpaired) electrons. The molecule has 176 valence electrons. The fourth-order valence-electron chi connectivity index (χ4n) is 3.11. The summed E-state index contributed by atoms with van der Waals surface area (Å²) >= 11 is 0. The molecule has 10 heteroatoms. The molecule has 1 heterocycles. The van der Waals surface area contributed by atoms with E-state index in [1.165, 1.54) is 6.08 Å². The van der Waals surface area contributed by atoms with E-state index in [0.717, 1.165) is 0 Å². The molecule has 33 heavy (non-hydrogen) atoms. The van der Waals surface area contributed by atoms with Crippen molar-refractivity contribution in [1.82, 2.24) is 5.01 Å². The molecule has 5 atom stereocenters. The highest BCUT2D eigenvalue weighted by Gasteiger charge is 2.44. The highest BCUT2D eigenvalue weighted by atomic mass is 16.7. The summed E-state index contributed by atoms with van der Waals surface area (Å²) in [7, 11) is 3.51. The summed E-state index contributed by atoms with van der Waals surface area (Å²) in [6, 6.07) is 13.4. The summed E-state index contributed by atoms with van der Waals surface area (Å²) in [5.41, 5.74) is 1.60. The molecule has 0 saturated carbocycles. The van der Waals surface area contributed by atoms with E-state index in [1.807, 2.05) is 0 Å². The van der Waals surface area contributed by atoms with Gasteiger partial charge in [0.2, 0.25) is 6.29 Å². The van der Waals surface area contributed by atoms with Crippen LogP contribution in [0.2, 0.25) is 0 Å². The molecule has 0 aromatic heterocycles. The van der Waals surface area contributed by atoms with Crippen molar-refractivity contribution in [2.75, 3.05) is 20.7 Å². The lowest BCUT2D eigenvalue weighted by molar-refractivity contribution is -0.277. The van der Waals surface area contributed by atoms with Gasteiger partial charge in [0, 0.05) is 25.2 Å². The zero-order chi connectivity index (χ0) is 24.0. The van der Waals surface area contributed by atoms with Crippen molar-refractivity contribution in [3.05, 3.63) is 65.7 Å². The predicted octanol–water partition coefficient (Wildman–Crippen LogP) is 1.32. The maximum absolute atomic E-state index is 12.6. The summed E-state index contributed by atoms with van der Waals surface area (Å²) in [5, 5.41) is 48.9. The van der Waals surface area contributed by atoms with E-state index >= 15 is 0 Å². The molecule has 0 amide bonds. The van der Waals surface area contributed by atoms with Crippen LogP contribution in [0.4, 0.5) is 5.69 Å². The van der Waals surface area contributed by atoms with Crippen LogP contribution >= 0.6 is 0 Å². The van der Waals surface area contributed by atoms with Crippen molar-refractivity contribution in [2.24, 2.45) is 10.3 Å². The van der Waals surface area contributed by atoms with Crippen LogP contribution in [0.1, 0.15) is 15.9 Å². The van der Waals surface area contributed by atoms with Crippen LogP contribution in [-0.2, 0) is 4.74 Å². The van der Waals surface area contributed by atoms with Crippen LogP contribution in [-0.4, -0.2) is 82.6 Å². The van der Waals surface area contributed by atoms with Gasteiger partial charge in [-0.15, -0.1) is 5.11 Å². The minimum absolute atomic E-state index is 0.242. The maximum atomic E-state index is 12.6. The summed E-state index contributed by atoms with van der Waals surface area (Å²) in [5.74, 6) is 0.0408. The number of nitrogens with zero attached hydrogens (tertiary/aromatic N) is 3. The van der Waals surface area contributed by atoms with Crippen LogP contribution in [0, 0.1) is 0 Å². The average molecular weight is 457 g/mol. The Hall–Kier alpha value is -3.15. The molecule has 0 unspecified atom stereocenters. The summed E-state index contributed by atoms with van der Waals surface area (Å²) in [6.45, 7) is -0.559. The van der Waals surface area contributed by atoms with Crippen molar-refractivity contribution in [2.45, 2.75) is 30.7 Å². The Morgan fingerprint density at radius 2 is 1.76 bits per heavy atom. The zero-order valence-electron chi connectivity index (χ0n) is 18.2. The van der Waals surface area contributed by atoms with Gasteiger partial charge < -0.3 is 29.9 Å². The van der Waals surface area contributed by atoms with Gasteiger partial charge in [-0.25, -0.2) is 0 Å². The lowest BCUT2D eigenvalue weighted by Gasteiger charge is -2.39. The van der Waals surface area contributed by atoms with Gasteiger partial charge in [0.15, 0.2) is 5.78 Å². The molecule has 2 aromatic rings. The van der Waals surface area contributed by atoms with E-state index in [0.29, 0.717) is 16.8 Å². The molecule has 2 aromatic carbocycles. The lowest BCUT2D eigenvalue weighted by Crippen LogP contribution is -2.60. The van der Waals surface area contributed by atoms with Gasteiger partial charge in [-0.05, 0) is 42.5 Å². The van der Waals surface area contributed by atoms with E-state index < -0.39 is 37.3 Å². The van der Waals surface area contributed by atoms with Crippen molar-refractivity contribution in [1.29, 1.82) is 0 Å². The molecule has 0 bridgehead atoms. The van der Waals surface area contributed by atoms with Gasteiger partial charge in [-0.1, -0.05) is 23.4 Å². The van der Waals surface area contributed by atoms with E-state index in [9.17, 15) is 25.2 Å². The van der Waals surface area contributed by atoms with Crippen LogP contribution < -0.4 is 4.74 Å². The normalized spacial score (nSPS) is 25.5. The quantitative estimate of drug-likeness (QED) is 0.201. The maximum Gasteiger partial charge on any atom is 0.229 e. The first kappa shape index (κ1) is 24.5. The second-order valence-electron chi connectivity index (χ2n) is 7.63. The second-order valence-corrected chi connectivity index (χ2v) is 7.63. The first-order valence-corrected chi connectivity index (χ1v) is 10.3. The third-order valence-electron chi connectivity index (χ3n) is 4.92. The van der Waals surface area contributed by atoms with Crippen molar-refractivity contribution in [3.8, 4) is 5.75 Å². The first-order chi connectivity index (χ1) is 15.8. The van der Waals surface area contributed by atoms with E-state index in [-0.39, 0.29) is 11.5 Å². The third-order valence-corrected chi connectivity index (χ3v) is 4.92. The topological polar surface area (TPSA) is 144 Å². The number of aliphatic hydroxyl groups excluding tert-OH is 4. The molecule has 1 fully saturated rings. The largest absolute Gasteiger partial charge is 0.461 e. The fraction of sp³-hybridized carbons (Fsp3) is 0.348. The Morgan fingerprint density at radius 1 is 1.06 bits per heavy atom. The molecular weight excluding hydrogens is 430 g/mol. The minimum Gasteiger partial charge on any atom is -0.461 e. The van der Waals surface area contributed by atoms with Gasteiger partial charge in [0.05, 0.1) is 12.3 Å². The second kappa shape index (κ2) is 11.1. The monoisotopic (exact) mass is 457 g/mol. The zero-order valence-corrected chi connectivity index (χ0v) is 18.2. The predicted molar refractivity (Wildman–Crippen MR) is 119 cm³/mol. The Morgan fingerprint density at radius 3 is 2.42 bits per heavy atom. The Kier molecular flexibility index (Phi) is 8.26. The number of hydrogen-bond donors (Lipinski definition) is 4. The van der Waals surface area contributed by atoms with Crippen LogP contribution in [0.5, 0.6) is 5.75 Å². The average Bonchev–Trinajstić information content (AvgIpc) is 2.82. The van der Waals surface area contributed by atoms with E-state index in [4.69, 9.17) is 9.47 Å². The highest BCUT2D eigenvalue weighted by Crippen LogP contribution is 2.27. The van der Waals surface area contributed by atoms with Crippen LogP contribution in [0.25, 0.3) is 6.08 Å². The number of para-hydroxylation sites is 1. The van der Waals surface area contributed by atoms with E-state index in [1.54, 1.807) is 73.7 Å². The summed E-state index contributed by atoms with van der Waals surface area (Å²) in [4.78, 5) is 12.6. The fourth-order valence-corrected chi connectivity index (χ4v) is 3.11.